The molecule has 0 saturated carbocycles. The van der Waals surface area contributed by atoms with Crippen molar-refractivity contribution < 1.29 is 9.90 Å². The Bertz CT molecular complexity index is 747. The molecule has 1 aromatic heterocycles. The summed E-state index contributed by atoms with van der Waals surface area (Å²) in [5, 5.41) is 18.2. The third-order valence-corrected chi connectivity index (χ3v) is 4.49. The van der Waals surface area contributed by atoms with E-state index in [-0.39, 0.29) is 5.69 Å². The Kier molecular flexibility index (Phi) is 4.53. The van der Waals surface area contributed by atoms with Gasteiger partial charge < -0.3 is 14.9 Å². The van der Waals surface area contributed by atoms with E-state index in [4.69, 9.17) is 0 Å². The maximum atomic E-state index is 11.6. The van der Waals surface area contributed by atoms with Crippen molar-refractivity contribution in [3.05, 3.63) is 35.0 Å². The van der Waals surface area contributed by atoms with Crippen molar-refractivity contribution in [2.45, 2.75) is 20.8 Å². The van der Waals surface area contributed by atoms with Gasteiger partial charge in [0.1, 0.15) is 0 Å². The fourth-order valence-corrected chi connectivity index (χ4v) is 3.06. The lowest BCUT2D eigenvalue weighted by molar-refractivity contribution is 0.0690. The molecule has 24 heavy (non-hydrogen) atoms. The summed E-state index contributed by atoms with van der Waals surface area (Å²) in [5.74, 6) is -0.586. The smallest absolute Gasteiger partial charge is 0.360 e. The molecular formula is C17H23N5O2. The van der Waals surface area contributed by atoms with Gasteiger partial charge >= 0.3 is 5.97 Å². The molecule has 0 unspecified atom stereocenters. The predicted octanol–water partition coefficient (Wildman–Crippen LogP) is 1.72. The van der Waals surface area contributed by atoms with Crippen molar-refractivity contribution in [3.8, 4) is 5.69 Å². The number of hydrogen-bond donors (Lipinski definition) is 1. The van der Waals surface area contributed by atoms with E-state index >= 15 is 0 Å². The fourth-order valence-electron chi connectivity index (χ4n) is 3.06. The fraction of sp³-hybridized carbons (Fsp3) is 0.471. The van der Waals surface area contributed by atoms with E-state index in [9.17, 15) is 9.90 Å². The van der Waals surface area contributed by atoms with Crippen molar-refractivity contribution in [1.82, 2.24) is 19.9 Å². The molecule has 1 aliphatic heterocycles. The number of benzene rings is 1. The summed E-state index contributed by atoms with van der Waals surface area (Å²) in [7, 11) is 0. The highest BCUT2D eigenvalue weighted by Gasteiger charge is 2.26. The first-order valence-corrected chi connectivity index (χ1v) is 8.25. The number of aromatic nitrogens is 3. The van der Waals surface area contributed by atoms with Gasteiger partial charge in [-0.05, 0) is 32.0 Å². The van der Waals surface area contributed by atoms with Gasteiger partial charge in [-0.1, -0.05) is 24.6 Å². The van der Waals surface area contributed by atoms with Crippen LogP contribution in [0.25, 0.3) is 5.69 Å². The number of carbonyl (C=O) groups is 1. The molecule has 128 valence electrons. The van der Waals surface area contributed by atoms with Crippen LogP contribution in [0.1, 0.15) is 28.5 Å². The van der Waals surface area contributed by atoms with Gasteiger partial charge in [0.25, 0.3) is 0 Å². The maximum absolute atomic E-state index is 11.6. The van der Waals surface area contributed by atoms with Gasteiger partial charge in [-0.15, -0.1) is 15.0 Å². The van der Waals surface area contributed by atoms with Crippen molar-refractivity contribution in [2.24, 2.45) is 0 Å². The summed E-state index contributed by atoms with van der Waals surface area (Å²) in [6.07, 6.45) is 0. The van der Waals surface area contributed by atoms with Gasteiger partial charge in [-0.25, -0.2) is 4.79 Å². The number of anilines is 1. The molecule has 0 amide bonds. The van der Waals surface area contributed by atoms with Crippen LogP contribution in [0.4, 0.5) is 5.82 Å². The standard InChI is InChI=1S/C17H23N5O2/c1-4-20-7-9-21(10-8-20)16-15(17(23)24)18-22(19-16)14-6-5-12(2)11-13(14)3/h5-6,11H,4,7-10H2,1-3H3,(H,23,24). The van der Waals surface area contributed by atoms with Crippen molar-refractivity contribution in [2.75, 3.05) is 37.6 Å². The number of nitrogens with zero attached hydrogens (tertiary/aromatic N) is 5. The van der Waals surface area contributed by atoms with Gasteiger partial charge in [0.2, 0.25) is 5.69 Å². The van der Waals surface area contributed by atoms with Crippen LogP contribution in [0.3, 0.4) is 0 Å². The molecule has 0 radical (unpaired) electrons. The molecule has 7 heteroatoms. The predicted molar refractivity (Wildman–Crippen MR) is 92.1 cm³/mol. The number of likely N-dealkylation sites (N-methyl/N-ethyl adjacent to an activating group) is 1. The summed E-state index contributed by atoms with van der Waals surface area (Å²) in [6, 6.07) is 5.94. The maximum Gasteiger partial charge on any atom is 0.360 e. The summed E-state index contributed by atoms with van der Waals surface area (Å²) in [4.78, 5) is 17.4. The number of hydrogen-bond acceptors (Lipinski definition) is 5. The third-order valence-electron chi connectivity index (χ3n) is 4.49. The van der Waals surface area contributed by atoms with E-state index < -0.39 is 5.97 Å². The highest BCUT2D eigenvalue weighted by molar-refractivity contribution is 5.91. The van der Waals surface area contributed by atoms with E-state index in [1.54, 1.807) is 0 Å². The normalized spacial score (nSPS) is 15.7. The van der Waals surface area contributed by atoms with Gasteiger partial charge in [-0.2, -0.15) is 0 Å². The molecule has 1 saturated heterocycles. The zero-order valence-corrected chi connectivity index (χ0v) is 14.4. The molecule has 3 rings (SSSR count). The highest BCUT2D eigenvalue weighted by Crippen LogP contribution is 2.21. The Morgan fingerprint density at radius 3 is 2.46 bits per heavy atom. The molecule has 0 aliphatic carbocycles. The van der Waals surface area contributed by atoms with Crippen LogP contribution in [0.5, 0.6) is 0 Å². The number of carboxylic acid groups (broad SMARTS) is 1. The Labute approximate surface area is 141 Å². The number of aromatic carboxylic acids is 1. The monoisotopic (exact) mass is 329 g/mol. The highest BCUT2D eigenvalue weighted by atomic mass is 16.4. The van der Waals surface area contributed by atoms with Crippen molar-refractivity contribution in [1.29, 1.82) is 0 Å². The van der Waals surface area contributed by atoms with E-state index in [1.807, 2.05) is 36.9 Å². The average Bonchev–Trinajstić information content (AvgIpc) is 3.00. The van der Waals surface area contributed by atoms with Gasteiger partial charge in [0.05, 0.1) is 5.69 Å². The lowest BCUT2D eigenvalue weighted by atomic mass is 10.1. The number of aryl methyl sites for hydroxylation is 2. The Morgan fingerprint density at radius 2 is 1.88 bits per heavy atom. The largest absolute Gasteiger partial charge is 0.476 e. The zero-order chi connectivity index (χ0) is 17.3. The summed E-state index contributed by atoms with van der Waals surface area (Å²) >= 11 is 0. The number of rotatable bonds is 4. The molecule has 1 aromatic carbocycles. The van der Waals surface area contributed by atoms with Crippen LogP contribution in [0.15, 0.2) is 18.2 Å². The zero-order valence-electron chi connectivity index (χ0n) is 14.4. The van der Waals surface area contributed by atoms with E-state index in [2.05, 4.69) is 22.0 Å². The van der Waals surface area contributed by atoms with Crippen LogP contribution in [-0.4, -0.2) is 63.7 Å². The lowest BCUT2D eigenvalue weighted by Gasteiger charge is -2.34. The SMILES string of the molecule is CCN1CCN(c2nn(-c3ccc(C)cc3C)nc2C(=O)O)CC1. The topological polar surface area (TPSA) is 74.5 Å². The van der Waals surface area contributed by atoms with E-state index in [1.165, 1.54) is 4.80 Å². The first kappa shape index (κ1) is 16.4. The molecular weight excluding hydrogens is 306 g/mol. The van der Waals surface area contributed by atoms with E-state index in [0.717, 1.165) is 49.5 Å². The summed E-state index contributed by atoms with van der Waals surface area (Å²) < 4.78 is 0. The minimum absolute atomic E-state index is 0.0138. The van der Waals surface area contributed by atoms with Crippen molar-refractivity contribution >= 4 is 11.8 Å². The van der Waals surface area contributed by atoms with Crippen LogP contribution < -0.4 is 4.90 Å². The molecule has 2 heterocycles. The molecule has 1 aliphatic rings. The number of piperazine rings is 1. The summed E-state index contributed by atoms with van der Waals surface area (Å²) in [5.41, 5.74) is 2.99. The molecule has 0 spiro atoms. The van der Waals surface area contributed by atoms with E-state index in [0.29, 0.717) is 5.82 Å². The van der Waals surface area contributed by atoms with Crippen LogP contribution >= 0.6 is 0 Å². The van der Waals surface area contributed by atoms with Gasteiger partial charge in [0.15, 0.2) is 5.82 Å². The van der Waals surface area contributed by atoms with Crippen LogP contribution in [0, 0.1) is 13.8 Å². The quantitative estimate of drug-likeness (QED) is 0.921. The second kappa shape index (κ2) is 6.60. The van der Waals surface area contributed by atoms with Gasteiger partial charge in [0, 0.05) is 26.2 Å². The number of carboxylic acids is 1. The molecule has 1 N–H and O–H groups in total. The molecule has 2 aromatic rings. The average molecular weight is 329 g/mol. The Hall–Kier alpha value is -2.41. The first-order valence-electron chi connectivity index (χ1n) is 8.25. The second-order valence-electron chi connectivity index (χ2n) is 6.18. The minimum atomic E-state index is -1.04. The summed E-state index contributed by atoms with van der Waals surface area (Å²) in [6.45, 7) is 10.5. The molecule has 0 atom stereocenters. The van der Waals surface area contributed by atoms with Crippen molar-refractivity contribution in [3.63, 3.8) is 0 Å². The Balaban J connectivity index is 1.95. The van der Waals surface area contributed by atoms with Crippen LogP contribution in [-0.2, 0) is 0 Å². The minimum Gasteiger partial charge on any atom is -0.476 e. The second-order valence-corrected chi connectivity index (χ2v) is 6.18. The van der Waals surface area contributed by atoms with Crippen LogP contribution in [0.2, 0.25) is 0 Å². The first-order chi connectivity index (χ1) is 11.5. The molecule has 0 bridgehead atoms. The Morgan fingerprint density at radius 1 is 1.17 bits per heavy atom. The molecule has 7 nitrogen and oxygen atoms in total. The lowest BCUT2D eigenvalue weighted by Crippen LogP contribution is -2.46. The third kappa shape index (κ3) is 3.12. The van der Waals surface area contributed by atoms with Gasteiger partial charge in [-0.3, -0.25) is 0 Å². The molecule has 1 fully saturated rings.